The molecule has 2 aromatic carbocycles. The second-order valence-corrected chi connectivity index (χ2v) is 14.5. The zero-order chi connectivity index (χ0) is 28.1. The Balaban J connectivity index is 1.03. The molecule has 1 aliphatic carbocycles. The molecule has 41 heavy (non-hydrogen) atoms. The number of fused-ring (bicyclic) bond motifs is 3. The molecular weight excluding hydrogens is 528 g/mol. The van der Waals surface area contributed by atoms with E-state index in [1.165, 1.54) is 42.4 Å². The molecule has 3 saturated heterocycles. The van der Waals surface area contributed by atoms with Crippen LogP contribution in [0.1, 0.15) is 85.8 Å². The third kappa shape index (κ3) is 5.63. The van der Waals surface area contributed by atoms with Gasteiger partial charge in [-0.3, -0.25) is 14.6 Å². The van der Waals surface area contributed by atoms with E-state index >= 15 is 0 Å². The van der Waals surface area contributed by atoms with E-state index in [-0.39, 0.29) is 5.91 Å². The summed E-state index contributed by atoms with van der Waals surface area (Å²) >= 11 is 6.23. The Hall–Kier alpha value is -2.18. The summed E-state index contributed by atoms with van der Waals surface area (Å²) in [6.45, 7) is 12.0. The summed E-state index contributed by atoms with van der Waals surface area (Å²) < 4.78 is 0. The third-order valence-corrected chi connectivity index (χ3v) is 10.8. The predicted molar refractivity (Wildman–Crippen MR) is 167 cm³/mol. The Bertz CT molecular complexity index is 1310. The number of piperazine rings is 1. The highest BCUT2D eigenvalue weighted by molar-refractivity contribution is 6.30. The van der Waals surface area contributed by atoms with Gasteiger partial charge in [-0.15, -0.1) is 0 Å². The zero-order valence-corrected chi connectivity index (χ0v) is 25.6. The maximum atomic E-state index is 13.1. The Kier molecular flexibility index (Phi) is 7.52. The van der Waals surface area contributed by atoms with E-state index in [9.17, 15) is 4.79 Å². The minimum Gasteiger partial charge on any atom is -0.330 e. The number of amides is 1. The van der Waals surface area contributed by atoms with Crippen LogP contribution in [-0.4, -0.2) is 71.5 Å². The highest BCUT2D eigenvalue weighted by atomic mass is 35.5. The number of hydrogen-bond donors (Lipinski definition) is 1. The third-order valence-electron chi connectivity index (χ3n) is 10.6. The van der Waals surface area contributed by atoms with Gasteiger partial charge in [0.2, 0.25) is 0 Å². The van der Waals surface area contributed by atoms with Crippen LogP contribution in [0.25, 0.3) is 5.57 Å². The zero-order valence-electron chi connectivity index (χ0n) is 24.8. The van der Waals surface area contributed by atoms with Crippen molar-refractivity contribution in [2.45, 2.75) is 90.0 Å². The van der Waals surface area contributed by atoms with Crippen LogP contribution in [0.15, 0.2) is 48.0 Å². The first-order valence-electron chi connectivity index (χ1n) is 15.9. The van der Waals surface area contributed by atoms with Gasteiger partial charge < -0.3 is 10.2 Å². The molecule has 218 valence electrons. The van der Waals surface area contributed by atoms with Crippen molar-refractivity contribution in [2.75, 3.05) is 32.7 Å². The molecular formula is C35H45ClN4O. The minimum atomic E-state index is 0.229. The van der Waals surface area contributed by atoms with Crippen LogP contribution in [0.4, 0.5) is 0 Å². The van der Waals surface area contributed by atoms with Crippen LogP contribution in [-0.2, 0) is 13.1 Å². The highest BCUT2D eigenvalue weighted by Crippen LogP contribution is 2.44. The molecule has 6 heteroatoms. The fourth-order valence-electron chi connectivity index (χ4n) is 8.30. The van der Waals surface area contributed by atoms with Gasteiger partial charge in [0.25, 0.3) is 5.91 Å². The average Bonchev–Trinajstić information content (AvgIpc) is 3.41. The molecule has 2 bridgehead atoms. The smallest absolute Gasteiger partial charge is 0.254 e. The minimum absolute atomic E-state index is 0.229. The summed E-state index contributed by atoms with van der Waals surface area (Å²) in [5.74, 6) is 0.229. The monoisotopic (exact) mass is 572 g/mol. The van der Waals surface area contributed by atoms with Gasteiger partial charge in [-0.25, -0.2) is 0 Å². The fourth-order valence-corrected chi connectivity index (χ4v) is 8.42. The van der Waals surface area contributed by atoms with E-state index in [1.807, 2.05) is 12.1 Å². The summed E-state index contributed by atoms with van der Waals surface area (Å²) in [6.07, 6.45) is 8.47. The number of hydrogen-bond acceptors (Lipinski definition) is 4. The Morgan fingerprint density at radius 2 is 1.76 bits per heavy atom. The van der Waals surface area contributed by atoms with E-state index in [0.29, 0.717) is 23.5 Å². The van der Waals surface area contributed by atoms with Crippen LogP contribution in [0.5, 0.6) is 0 Å². The second kappa shape index (κ2) is 11.1. The summed E-state index contributed by atoms with van der Waals surface area (Å²) in [5.41, 5.74) is 8.42. The molecule has 3 fully saturated rings. The lowest BCUT2D eigenvalue weighted by Crippen LogP contribution is -2.53. The number of likely N-dealkylation sites (tertiary alicyclic amines) is 1. The van der Waals surface area contributed by atoms with Gasteiger partial charge in [0.15, 0.2) is 0 Å². The van der Waals surface area contributed by atoms with E-state index in [1.54, 1.807) is 11.1 Å². The molecule has 4 aliphatic heterocycles. The molecule has 1 amide bonds. The van der Waals surface area contributed by atoms with Crippen LogP contribution >= 0.6 is 11.6 Å². The Labute approximate surface area is 250 Å². The molecule has 0 spiro atoms. The molecule has 7 rings (SSSR count). The van der Waals surface area contributed by atoms with Gasteiger partial charge in [-0.1, -0.05) is 55.3 Å². The van der Waals surface area contributed by atoms with Crippen LogP contribution in [0.2, 0.25) is 5.02 Å². The van der Waals surface area contributed by atoms with Crippen molar-refractivity contribution in [2.24, 2.45) is 5.41 Å². The summed E-state index contributed by atoms with van der Waals surface area (Å²) in [4.78, 5) is 20.8. The molecule has 3 unspecified atom stereocenters. The predicted octanol–water partition coefficient (Wildman–Crippen LogP) is 6.36. The van der Waals surface area contributed by atoms with Crippen molar-refractivity contribution in [3.63, 3.8) is 0 Å². The van der Waals surface area contributed by atoms with Gasteiger partial charge in [0.05, 0.1) is 0 Å². The number of rotatable bonds is 6. The van der Waals surface area contributed by atoms with Crippen molar-refractivity contribution in [3.8, 4) is 0 Å². The van der Waals surface area contributed by atoms with Gasteiger partial charge in [0, 0.05) is 68.0 Å². The molecule has 1 N–H and O–H groups in total. The van der Waals surface area contributed by atoms with E-state index in [0.717, 1.165) is 75.7 Å². The van der Waals surface area contributed by atoms with Gasteiger partial charge in [-0.2, -0.15) is 0 Å². The van der Waals surface area contributed by atoms with E-state index < -0.39 is 0 Å². The topological polar surface area (TPSA) is 38.8 Å². The summed E-state index contributed by atoms with van der Waals surface area (Å²) in [6, 6.07) is 16.8. The first-order chi connectivity index (χ1) is 19.8. The lowest BCUT2D eigenvalue weighted by atomic mass is 9.72. The Morgan fingerprint density at radius 3 is 2.49 bits per heavy atom. The van der Waals surface area contributed by atoms with Gasteiger partial charge in [0.1, 0.15) is 0 Å². The SMILES string of the molecule is CC1(C)CCC(CN2CC3CCC(C2)N3Cc2ccc3c(c2)CN(C2CCCNC2)C3=O)=C(c2ccc(Cl)cc2)C1. The number of benzene rings is 2. The van der Waals surface area contributed by atoms with Crippen molar-refractivity contribution in [1.82, 2.24) is 20.0 Å². The maximum Gasteiger partial charge on any atom is 0.254 e. The number of carbonyl (C=O) groups is 1. The number of carbonyl (C=O) groups excluding carboxylic acids is 1. The number of nitrogens with zero attached hydrogens (tertiary/aromatic N) is 3. The summed E-state index contributed by atoms with van der Waals surface area (Å²) in [7, 11) is 0. The fraction of sp³-hybridized carbons (Fsp3) is 0.571. The quantitative estimate of drug-likeness (QED) is 0.437. The molecule has 5 aliphatic rings. The molecule has 3 atom stereocenters. The normalized spacial score (nSPS) is 28.4. The standard InChI is InChI=1S/C35H45ClN4O/c1-35(2)14-13-26(33(17-35)25-6-8-28(36)9-7-25)20-38-22-30-10-11-31(23-38)39(30)19-24-5-12-32-27(16-24)21-40(34(32)41)29-4-3-15-37-18-29/h5-9,12,16,29-31,37H,3-4,10-11,13-15,17-23H2,1-2H3. The van der Waals surface area contributed by atoms with Crippen LogP contribution in [0, 0.1) is 5.41 Å². The average molecular weight is 573 g/mol. The number of nitrogens with one attached hydrogen (secondary N) is 1. The highest BCUT2D eigenvalue weighted by Gasteiger charge is 2.41. The van der Waals surface area contributed by atoms with Crippen molar-refractivity contribution in [1.29, 1.82) is 0 Å². The first-order valence-corrected chi connectivity index (χ1v) is 16.3. The second-order valence-electron chi connectivity index (χ2n) is 14.1. The lowest BCUT2D eigenvalue weighted by Gasteiger charge is -2.43. The molecule has 2 aromatic rings. The van der Waals surface area contributed by atoms with Crippen molar-refractivity contribution < 1.29 is 4.79 Å². The maximum absolute atomic E-state index is 13.1. The number of piperidine rings is 1. The molecule has 0 saturated carbocycles. The first kappa shape index (κ1) is 27.6. The van der Waals surface area contributed by atoms with E-state index in [4.69, 9.17) is 11.6 Å². The van der Waals surface area contributed by atoms with Crippen LogP contribution in [0.3, 0.4) is 0 Å². The summed E-state index contributed by atoms with van der Waals surface area (Å²) in [5, 5.41) is 4.29. The molecule has 0 aromatic heterocycles. The van der Waals surface area contributed by atoms with Crippen LogP contribution < -0.4 is 5.32 Å². The molecule has 5 nitrogen and oxygen atoms in total. The Morgan fingerprint density at radius 1 is 0.976 bits per heavy atom. The largest absolute Gasteiger partial charge is 0.330 e. The number of allylic oxidation sites excluding steroid dienone is 1. The van der Waals surface area contributed by atoms with E-state index in [2.05, 4.69) is 64.2 Å². The van der Waals surface area contributed by atoms with Crippen molar-refractivity contribution in [3.05, 3.63) is 75.3 Å². The van der Waals surface area contributed by atoms with Crippen molar-refractivity contribution >= 4 is 23.1 Å². The number of halogens is 1. The molecule has 4 heterocycles. The molecule has 0 radical (unpaired) electrons. The lowest BCUT2D eigenvalue weighted by molar-refractivity contribution is 0.0654. The van der Waals surface area contributed by atoms with Gasteiger partial charge in [-0.05, 0) is 97.4 Å². The van der Waals surface area contributed by atoms with Gasteiger partial charge >= 0.3 is 0 Å².